The third kappa shape index (κ3) is 1.61. The molecule has 2 aliphatic rings. The molecular formula is C15H17ClN4O2. The number of nitrogens with zero attached hydrogens (tertiary/aromatic N) is 4. The minimum absolute atomic E-state index is 0.115. The van der Waals surface area contributed by atoms with E-state index in [1.54, 1.807) is 16.6 Å². The minimum Gasteiger partial charge on any atom is -0.458 e. The van der Waals surface area contributed by atoms with E-state index >= 15 is 0 Å². The molecule has 3 atom stereocenters. The first-order valence-electron chi connectivity index (χ1n) is 7.44. The van der Waals surface area contributed by atoms with Gasteiger partial charge >= 0.3 is 5.97 Å². The van der Waals surface area contributed by atoms with Gasteiger partial charge in [0.2, 0.25) is 0 Å². The highest BCUT2D eigenvalue weighted by Gasteiger charge is 2.63. The molecule has 2 bridgehead atoms. The summed E-state index contributed by atoms with van der Waals surface area (Å²) in [6, 6.07) is 3.40. The fourth-order valence-corrected chi connectivity index (χ4v) is 4.12. The number of ether oxygens (including phenoxy) is 1. The lowest BCUT2D eigenvalue weighted by Gasteiger charge is -2.47. The van der Waals surface area contributed by atoms with E-state index < -0.39 is 11.5 Å². The lowest BCUT2D eigenvalue weighted by molar-refractivity contribution is -0.187. The molecule has 1 saturated heterocycles. The van der Waals surface area contributed by atoms with Gasteiger partial charge in [0.25, 0.3) is 0 Å². The molecule has 0 spiro atoms. The molecule has 0 aromatic carbocycles. The Morgan fingerprint density at radius 1 is 1.32 bits per heavy atom. The van der Waals surface area contributed by atoms with Crippen LogP contribution >= 0.6 is 11.6 Å². The second-order valence-corrected chi connectivity index (χ2v) is 7.37. The zero-order valence-electron chi connectivity index (χ0n) is 12.7. The number of rotatable bonds is 1. The maximum atomic E-state index is 12.6. The summed E-state index contributed by atoms with van der Waals surface area (Å²) in [5, 5.41) is 12.9. The molecule has 0 N–H and O–H groups in total. The molecule has 1 saturated carbocycles. The van der Waals surface area contributed by atoms with Crippen LogP contribution in [0.15, 0.2) is 12.1 Å². The van der Waals surface area contributed by atoms with E-state index in [1.807, 2.05) is 6.92 Å². The van der Waals surface area contributed by atoms with Crippen molar-refractivity contribution >= 4 is 23.2 Å². The minimum atomic E-state index is -0.452. The highest BCUT2D eigenvalue weighted by atomic mass is 35.5. The van der Waals surface area contributed by atoms with Crippen LogP contribution in [0.1, 0.15) is 45.4 Å². The second-order valence-electron chi connectivity index (χ2n) is 6.98. The van der Waals surface area contributed by atoms with Crippen molar-refractivity contribution in [3.05, 3.63) is 23.1 Å². The molecule has 1 aliphatic carbocycles. The van der Waals surface area contributed by atoms with Gasteiger partial charge in [0.15, 0.2) is 11.5 Å². The van der Waals surface area contributed by atoms with Gasteiger partial charge in [-0.2, -0.15) is 9.61 Å². The van der Waals surface area contributed by atoms with Gasteiger partial charge in [-0.25, -0.2) is 0 Å². The monoisotopic (exact) mass is 320 g/mol. The standard InChI is InChI=1S/C15H17ClN4O2/c1-14(2)8-6-7-15(14,3)22-13(21)11(8)12-18-17-10-5-4-9(16)19-20(10)12/h4-5,8,11H,6-7H2,1-3H3/t8-,11-,15-/m1/s1. The molecule has 2 aromatic heterocycles. The first-order chi connectivity index (χ1) is 10.3. The van der Waals surface area contributed by atoms with Crippen molar-refractivity contribution in [2.45, 2.75) is 45.1 Å². The molecule has 6 nitrogen and oxygen atoms in total. The van der Waals surface area contributed by atoms with Crippen LogP contribution in [-0.2, 0) is 9.53 Å². The predicted octanol–water partition coefficient (Wildman–Crippen LogP) is 2.61. The Kier molecular flexibility index (Phi) is 2.65. The first-order valence-corrected chi connectivity index (χ1v) is 7.82. The van der Waals surface area contributed by atoms with E-state index in [9.17, 15) is 4.79 Å². The van der Waals surface area contributed by atoms with Crippen LogP contribution in [0.3, 0.4) is 0 Å². The SMILES string of the molecule is CC1(C)[C@@H]2CC[C@@]1(C)OC(=O)[C@H]2c1nnc2ccc(Cl)nn12. The Labute approximate surface area is 132 Å². The van der Waals surface area contributed by atoms with Gasteiger partial charge in [-0.1, -0.05) is 25.4 Å². The second kappa shape index (κ2) is 4.19. The summed E-state index contributed by atoms with van der Waals surface area (Å²) in [5.74, 6) is -0.0107. The maximum absolute atomic E-state index is 12.6. The Hall–Kier alpha value is -1.69. The third-order valence-corrected chi connectivity index (χ3v) is 5.94. The number of halogens is 1. The van der Waals surface area contributed by atoms with Crippen molar-refractivity contribution in [3.63, 3.8) is 0 Å². The number of carbonyl (C=O) groups excluding carboxylic acids is 1. The maximum Gasteiger partial charge on any atom is 0.317 e. The molecule has 2 aromatic rings. The molecule has 4 rings (SSSR count). The number of carbonyl (C=O) groups is 1. The van der Waals surface area contributed by atoms with E-state index in [1.165, 1.54) is 0 Å². The summed E-state index contributed by atoms with van der Waals surface area (Å²) in [5.41, 5.74) is 0.0589. The predicted molar refractivity (Wildman–Crippen MR) is 79.5 cm³/mol. The molecule has 0 radical (unpaired) electrons. The Morgan fingerprint density at radius 2 is 2.09 bits per heavy atom. The molecule has 0 amide bonds. The van der Waals surface area contributed by atoms with Crippen molar-refractivity contribution in [2.75, 3.05) is 0 Å². The van der Waals surface area contributed by atoms with Crippen molar-refractivity contribution < 1.29 is 9.53 Å². The van der Waals surface area contributed by atoms with Crippen molar-refractivity contribution in [1.82, 2.24) is 19.8 Å². The van der Waals surface area contributed by atoms with Crippen LogP contribution in [0, 0.1) is 11.3 Å². The van der Waals surface area contributed by atoms with E-state index in [2.05, 4.69) is 29.1 Å². The topological polar surface area (TPSA) is 69.4 Å². The van der Waals surface area contributed by atoms with Crippen LogP contribution in [-0.4, -0.2) is 31.4 Å². The first kappa shape index (κ1) is 13.9. The van der Waals surface area contributed by atoms with Crippen LogP contribution in [0.5, 0.6) is 0 Å². The average molecular weight is 321 g/mol. The fourth-order valence-electron chi connectivity index (χ4n) is 3.98. The molecule has 22 heavy (non-hydrogen) atoms. The Balaban J connectivity index is 1.88. The van der Waals surface area contributed by atoms with E-state index in [-0.39, 0.29) is 17.3 Å². The van der Waals surface area contributed by atoms with Crippen LogP contribution in [0.4, 0.5) is 0 Å². The third-order valence-electron chi connectivity index (χ3n) is 5.74. The molecular weight excluding hydrogens is 304 g/mol. The molecule has 2 fully saturated rings. The molecule has 116 valence electrons. The summed E-state index contributed by atoms with van der Waals surface area (Å²) in [6.07, 6.45) is 1.80. The number of aromatic nitrogens is 4. The van der Waals surface area contributed by atoms with Gasteiger partial charge in [-0.15, -0.1) is 10.2 Å². The lowest BCUT2D eigenvalue weighted by Crippen LogP contribution is -2.52. The summed E-state index contributed by atoms with van der Waals surface area (Å²) in [4.78, 5) is 12.6. The van der Waals surface area contributed by atoms with E-state index in [0.29, 0.717) is 16.6 Å². The number of esters is 1. The van der Waals surface area contributed by atoms with Crippen molar-refractivity contribution in [1.29, 1.82) is 0 Å². The average Bonchev–Trinajstić information content (AvgIpc) is 2.88. The Morgan fingerprint density at radius 3 is 2.86 bits per heavy atom. The van der Waals surface area contributed by atoms with Crippen molar-refractivity contribution in [3.8, 4) is 0 Å². The molecule has 7 heteroatoms. The number of hydrogen-bond acceptors (Lipinski definition) is 5. The quantitative estimate of drug-likeness (QED) is 0.755. The van der Waals surface area contributed by atoms with E-state index in [0.717, 1.165) is 12.8 Å². The molecule has 1 aliphatic heterocycles. The highest BCUT2D eigenvalue weighted by molar-refractivity contribution is 6.29. The van der Waals surface area contributed by atoms with Gasteiger partial charge in [0.1, 0.15) is 16.7 Å². The zero-order valence-corrected chi connectivity index (χ0v) is 13.5. The Bertz CT molecular complexity index is 787. The van der Waals surface area contributed by atoms with Gasteiger partial charge < -0.3 is 4.74 Å². The lowest BCUT2D eigenvalue weighted by atomic mass is 9.66. The van der Waals surface area contributed by atoms with Gasteiger partial charge in [0, 0.05) is 5.41 Å². The van der Waals surface area contributed by atoms with Gasteiger partial charge in [-0.05, 0) is 37.8 Å². The summed E-state index contributed by atoms with van der Waals surface area (Å²) in [6.45, 7) is 6.35. The van der Waals surface area contributed by atoms with Gasteiger partial charge in [-0.3, -0.25) is 4.79 Å². The van der Waals surface area contributed by atoms with Gasteiger partial charge in [0.05, 0.1) is 0 Å². The van der Waals surface area contributed by atoms with E-state index in [4.69, 9.17) is 16.3 Å². The normalized spacial score (nSPS) is 33.2. The fraction of sp³-hybridized carbons (Fsp3) is 0.600. The summed E-state index contributed by atoms with van der Waals surface area (Å²) >= 11 is 5.98. The smallest absolute Gasteiger partial charge is 0.317 e. The molecule has 3 heterocycles. The largest absolute Gasteiger partial charge is 0.458 e. The van der Waals surface area contributed by atoms with Crippen LogP contribution in [0.25, 0.3) is 5.65 Å². The highest BCUT2D eigenvalue weighted by Crippen LogP contribution is 2.60. The molecule has 0 unspecified atom stereocenters. The zero-order chi connectivity index (χ0) is 15.7. The van der Waals surface area contributed by atoms with Crippen LogP contribution < -0.4 is 0 Å². The van der Waals surface area contributed by atoms with Crippen LogP contribution in [0.2, 0.25) is 5.15 Å². The summed E-state index contributed by atoms with van der Waals surface area (Å²) in [7, 11) is 0. The summed E-state index contributed by atoms with van der Waals surface area (Å²) < 4.78 is 7.38. The number of hydrogen-bond donors (Lipinski definition) is 0. The number of fused-ring (bicyclic) bond motifs is 3. The van der Waals surface area contributed by atoms with Crippen molar-refractivity contribution in [2.24, 2.45) is 11.3 Å².